The number of nitrogens with zero attached hydrogens (tertiary/aromatic N) is 1. The minimum absolute atomic E-state index is 0. The van der Waals surface area contributed by atoms with Crippen LogP contribution in [0.1, 0.15) is 19.8 Å². The summed E-state index contributed by atoms with van der Waals surface area (Å²) < 4.78 is 6.39. The van der Waals surface area contributed by atoms with Gasteiger partial charge in [-0.05, 0) is 18.5 Å². The summed E-state index contributed by atoms with van der Waals surface area (Å²) in [6.07, 6.45) is 2.51. The van der Waals surface area contributed by atoms with Crippen molar-refractivity contribution >= 4 is 12.0 Å². The first-order valence-electron chi connectivity index (χ1n) is 4.61. The number of hydrogen-bond donors (Lipinski definition) is 0. The van der Waals surface area contributed by atoms with Crippen molar-refractivity contribution in [2.75, 3.05) is 40.0 Å². The fourth-order valence-electron chi connectivity index (χ4n) is 0.632. The molecule has 0 radical (unpaired) electrons. The number of rotatable bonds is 7. The summed E-state index contributed by atoms with van der Waals surface area (Å²) in [7, 11) is 6.54. The SMILES string of the molecule is CCCCSOCC[N+](C)(C)C.[I-]. The van der Waals surface area contributed by atoms with Crippen LogP contribution in [-0.4, -0.2) is 44.5 Å². The highest BCUT2D eigenvalue weighted by molar-refractivity contribution is 7.94. The molecule has 0 rings (SSSR count). The van der Waals surface area contributed by atoms with Crippen LogP contribution < -0.4 is 24.0 Å². The molecule has 0 aliphatic heterocycles. The van der Waals surface area contributed by atoms with Crippen molar-refractivity contribution in [2.24, 2.45) is 0 Å². The van der Waals surface area contributed by atoms with Gasteiger partial charge in [0.1, 0.15) is 13.2 Å². The molecule has 0 amide bonds. The van der Waals surface area contributed by atoms with Crippen LogP contribution in [0.3, 0.4) is 0 Å². The van der Waals surface area contributed by atoms with Crippen molar-refractivity contribution < 1.29 is 32.6 Å². The van der Waals surface area contributed by atoms with E-state index >= 15 is 0 Å². The average molecular weight is 319 g/mol. The van der Waals surface area contributed by atoms with Gasteiger partial charge in [-0.15, -0.1) is 0 Å². The first-order chi connectivity index (χ1) is 5.56. The minimum atomic E-state index is 0. The van der Waals surface area contributed by atoms with Gasteiger partial charge in [0.2, 0.25) is 0 Å². The molecule has 0 atom stereocenters. The molecule has 4 heteroatoms. The third-order valence-electron chi connectivity index (χ3n) is 1.51. The predicted octanol–water partition coefficient (Wildman–Crippen LogP) is -0.838. The zero-order valence-corrected chi connectivity index (χ0v) is 12.2. The van der Waals surface area contributed by atoms with E-state index in [1.54, 1.807) is 12.0 Å². The molecule has 0 N–H and O–H groups in total. The Hall–Kier alpha value is 1.00. The van der Waals surface area contributed by atoms with Gasteiger partial charge < -0.3 is 32.6 Å². The molecule has 0 heterocycles. The summed E-state index contributed by atoms with van der Waals surface area (Å²) in [6.45, 7) is 4.14. The second-order valence-corrected chi connectivity index (χ2v) is 4.89. The fraction of sp³-hybridized carbons (Fsp3) is 1.00. The zero-order valence-electron chi connectivity index (χ0n) is 9.18. The molecule has 0 unspecified atom stereocenters. The highest BCUT2D eigenvalue weighted by atomic mass is 127. The molecule has 0 saturated heterocycles. The van der Waals surface area contributed by atoms with Gasteiger partial charge >= 0.3 is 0 Å². The Morgan fingerprint density at radius 3 is 2.31 bits per heavy atom. The van der Waals surface area contributed by atoms with E-state index in [-0.39, 0.29) is 24.0 Å². The lowest BCUT2D eigenvalue weighted by molar-refractivity contribution is -0.870. The molecule has 0 bridgehead atoms. The first-order valence-corrected chi connectivity index (χ1v) is 5.52. The lowest BCUT2D eigenvalue weighted by Crippen LogP contribution is -3.00. The van der Waals surface area contributed by atoms with E-state index < -0.39 is 0 Å². The average Bonchev–Trinajstić information content (AvgIpc) is 1.94. The maximum absolute atomic E-state index is 5.41. The largest absolute Gasteiger partial charge is 1.00 e. The van der Waals surface area contributed by atoms with Crippen molar-refractivity contribution in [2.45, 2.75) is 19.8 Å². The maximum Gasteiger partial charge on any atom is 0.110 e. The van der Waals surface area contributed by atoms with Crippen LogP contribution in [0.25, 0.3) is 0 Å². The van der Waals surface area contributed by atoms with Crippen molar-refractivity contribution in [3.05, 3.63) is 0 Å². The summed E-state index contributed by atoms with van der Waals surface area (Å²) in [5.74, 6) is 1.13. The van der Waals surface area contributed by atoms with Crippen LogP contribution in [0, 0.1) is 0 Å². The standard InChI is InChI=1S/C9H22NOS.HI/c1-5-6-9-12-11-8-7-10(2,3)4;/h5-9H2,1-4H3;1H/q+1;/p-1. The van der Waals surface area contributed by atoms with E-state index in [0.717, 1.165) is 23.4 Å². The quantitative estimate of drug-likeness (QED) is 0.262. The summed E-state index contributed by atoms with van der Waals surface area (Å²) in [5.41, 5.74) is 0. The molecule has 0 fully saturated rings. The Bertz CT molecular complexity index is 106. The molecular weight excluding hydrogens is 297 g/mol. The van der Waals surface area contributed by atoms with E-state index in [4.69, 9.17) is 4.18 Å². The maximum atomic E-state index is 5.41. The number of quaternary nitrogens is 1. The van der Waals surface area contributed by atoms with Gasteiger partial charge in [-0.3, -0.25) is 0 Å². The Morgan fingerprint density at radius 2 is 1.85 bits per heavy atom. The molecule has 0 saturated carbocycles. The Kier molecular flexibility index (Phi) is 12.1. The van der Waals surface area contributed by atoms with E-state index in [1.807, 2.05) is 0 Å². The summed E-state index contributed by atoms with van der Waals surface area (Å²) in [4.78, 5) is 0. The molecule has 0 aromatic heterocycles. The number of halogens is 1. The molecule has 0 aromatic rings. The van der Waals surface area contributed by atoms with Gasteiger partial charge in [-0.25, -0.2) is 0 Å². The molecule has 13 heavy (non-hydrogen) atoms. The molecule has 0 aliphatic carbocycles. The predicted molar refractivity (Wildman–Crippen MR) is 56.2 cm³/mol. The number of hydrogen-bond acceptors (Lipinski definition) is 2. The van der Waals surface area contributed by atoms with Crippen LogP contribution in [0.15, 0.2) is 0 Å². The number of unbranched alkanes of at least 4 members (excludes halogenated alkanes) is 1. The molecular formula is C9H22INOS. The third kappa shape index (κ3) is 15.7. The Balaban J connectivity index is 0. The molecule has 0 aliphatic rings. The minimum Gasteiger partial charge on any atom is -1.00 e. The number of likely N-dealkylation sites (N-methyl/N-ethyl adjacent to an activating group) is 1. The monoisotopic (exact) mass is 319 g/mol. The molecule has 82 valence electrons. The summed E-state index contributed by atoms with van der Waals surface area (Å²) in [5, 5.41) is 0. The van der Waals surface area contributed by atoms with Crippen LogP contribution in [0.5, 0.6) is 0 Å². The van der Waals surface area contributed by atoms with Gasteiger partial charge in [-0.1, -0.05) is 13.3 Å². The smallest absolute Gasteiger partial charge is 0.110 e. The van der Waals surface area contributed by atoms with Crippen molar-refractivity contribution in [3.8, 4) is 0 Å². The highest BCUT2D eigenvalue weighted by Crippen LogP contribution is 2.06. The summed E-state index contributed by atoms with van der Waals surface area (Å²) >= 11 is 1.61. The van der Waals surface area contributed by atoms with Gasteiger partial charge in [0.05, 0.1) is 21.1 Å². The fourth-order valence-corrected chi connectivity index (χ4v) is 1.35. The summed E-state index contributed by atoms with van der Waals surface area (Å²) in [6, 6.07) is 0. The van der Waals surface area contributed by atoms with Crippen molar-refractivity contribution in [1.29, 1.82) is 0 Å². The van der Waals surface area contributed by atoms with E-state index in [9.17, 15) is 0 Å². The highest BCUT2D eigenvalue weighted by Gasteiger charge is 2.05. The van der Waals surface area contributed by atoms with Gasteiger partial charge in [0, 0.05) is 5.75 Å². The van der Waals surface area contributed by atoms with Crippen LogP contribution in [0.2, 0.25) is 0 Å². The van der Waals surface area contributed by atoms with Crippen molar-refractivity contribution in [1.82, 2.24) is 0 Å². The first kappa shape index (κ1) is 16.4. The van der Waals surface area contributed by atoms with E-state index in [2.05, 4.69) is 28.1 Å². The van der Waals surface area contributed by atoms with Gasteiger partial charge in [0.15, 0.2) is 0 Å². The topological polar surface area (TPSA) is 9.23 Å². The van der Waals surface area contributed by atoms with Crippen LogP contribution in [-0.2, 0) is 4.18 Å². The van der Waals surface area contributed by atoms with Crippen LogP contribution in [0.4, 0.5) is 0 Å². The van der Waals surface area contributed by atoms with E-state index in [0.29, 0.717) is 0 Å². The lowest BCUT2D eigenvalue weighted by Gasteiger charge is -2.23. The Morgan fingerprint density at radius 1 is 1.23 bits per heavy atom. The lowest BCUT2D eigenvalue weighted by atomic mass is 10.4. The molecule has 0 spiro atoms. The van der Waals surface area contributed by atoms with Crippen LogP contribution >= 0.6 is 12.0 Å². The van der Waals surface area contributed by atoms with Gasteiger partial charge in [-0.2, -0.15) is 0 Å². The normalized spacial score (nSPS) is 11.1. The molecule has 2 nitrogen and oxygen atoms in total. The van der Waals surface area contributed by atoms with Crippen molar-refractivity contribution in [3.63, 3.8) is 0 Å². The molecule has 0 aromatic carbocycles. The second-order valence-electron chi connectivity index (χ2n) is 4.01. The Labute approximate surface area is 104 Å². The second kappa shape index (κ2) is 9.55. The van der Waals surface area contributed by atoms with Gasteiger partial charge in [0.25, 0.3) is 0 Å². The third-order valence-corrected chi connectivity index (χ3v) is 2.30. The van der Waals surface area contributed by atoms with E-state index in [1.165, 1.54) is 12.8 Å². The zero-order chi connectivity index (χ0) is 9.45.